The summed E-state index contributed by atoms with van der Waals surface area (Å²) in [4.78, 5) is 26.4. The van der Waals surface area contributed by atoms with E-state index < -0.39 is 0 Å². The highest BCUT2D eigenvalue weighted by molar-refractivity contribution is 7.18. The van der Waals surface area contributed by atoms with Crippen molar-refractivity contribution in [3.8, 4) is 0 Å². The number of aryl methyl sites for hydroxylation is 2. The molecule has 6 nitrogen and oxygen atoms in total. The molecule has 0 radical (unpaired) electrons. The fraction of sp³-hybridized carbons (Fsp3) is 0.600. The number of aliphatic hydroxyl groups is 1. The highest BCUT2D eigenvalue weighted by Crippen LogP contribution is 2.25. The Morgan fingerprint density at radius 3 is 2.59 bits per heavy atom. The van der Waals surface area contributed by atoms with E-state index in [0.29, 0.717) is 6.54 Å². The fourth-order valence-corrected chi connectivity index (χ4v) is 3.95. The first kappa shape index (κ1) is 15.6. The van der Waals surface area contributed by atoms with Gasteiger partial charge in [0.25, 0.3) is 5.56 Å². The molecule has 22 heavy (non-hydrogen) atoms. The number of thiophene rings is 1. The molecule has 1 saturated heterocycles. The Kier molecular flexibility index (Phi) is 4.58. The van der Waals surface area contributed by atoms with E-state index in [1.807, 2.05) is 13.8 Å². The van der Waals surface area contributed by atoms with Gasteiger partial charge in [-0.05, 0) is 19.4 Å². The van der Waals surface area contributed by atoms with E-state index in [1.54, 1.807) is 11.3 Å². The quantitative estimate of drug-likeness (QED) is 0.867. The summed E-state index contributed by atoms with van der Waals surface area (Å²) in [6.45, 7) is 9.40. The van der Waals surface area contributed by atoms with Crippen molar-refractivity contribution in [2.24, 2.45) is 0 Å². The first-order chi connectivity index (χ1) is 10.6. The molecule has 120 valence electrons. The van der Waals surface area contributed by atoms with Gasteiger partial charge in [-0.3, -0.25) is 14.6 Å². The molecule has 2 aromatic rings. The second kappa shape index (κ2) is 6.45. The predicted octanol–water partition coefficient (Wildman–Crippen LogP) is 0.711. The van der Waals surface area contributed by atoms with Crippen molar-refractivity contribution in [1.82, 2.24) is 19.8 Å². The number of nitrogens with zero attached hydrogens (tertiary/aromatic N) is 3. The van der Waals surface area contributed by atoms with E-state index in [1.165, 1.54) is 0 Å². The SMILES string of the molecule is Cc1sc2nc(CN3CCN(CCO)CC3)[nH]c(=O)c2c1C. The third-order valence-electron chi connectivity index (χ3n) is 4.34. The molecule has 0 aliphatic carbocycles. The lowest BCUT2D eigenvalue weighted by Crippen LogP contribution is -2.46. The Hall–Kier alpha value is -1.28. The van der Waals surface area contributed by atoms with E-state index in [-0.39, 0.29) is 12.2 Å². The van der Waals surface area contributed by atoms with Crippen LogP contribution in [0.25, 0.3) is 10.2 Å². The van der Waals surface area contributed by atoms with E-state index in [9.17, 15) is 4.79 Å². The molecule has 7 heteroatoms. The number of nitrogens with one attached hydrogen (secondary N) is 1. The van der Waals surface area contributed by atoms with Gasteiger partial charge < -0.3 is 10.1 Å². The third kappa shape index (κ3) is 3.08. The molecule has 1 fully saturated rings. The minimum Gasteiger partial charge on any atom is -0.395 e. The monoisotopic (exact) mass is 322 g/mol. The highest BCUT2D eigenvalue weighted by atomic mass is 32.1. The van der Waals surface area contributed by atoms with Gasteiger partial charge in [-0.15, -0.1) is 11.3 Å². The van der Waals surface area contributed by atoms with E-state index in [2.05, 4.69) is 19.8 Å². The number of rotatable bonds is 4. The first-order valence-electron chi connectivity index (χ1n) is 7.63. The van der Waals surface area contributed by atoms with E-state index in [4.69, 9.17) is 5.11 Å². The molecule has 3 rings (SSSR count). The fourth-order valence-electron chi connectivity index (χ4n) is 2.90. The zero-order valence-corrected chi connectivity index (χ0v) is 13.9. The van der Waals surface area contributed by atoms with Crippen LogP contribution in [-0.4, -0.2) is 64.2 Å². The topological polar surface area (TPSA) is 72.5 Å². The minimum absolute atomic E-state index is 0.0271. The lowest BCUT2D eigenvalue weighted by Gasteiger charge is -2.33. The number of aromatic amines is 1. The molecular formula is C15H22N4O2S. The summed E-state index contributed by atoms with van der Waals surface area (Å²) in [5.41, 5.74) is 1.01. The molecular weight excluding hydrogens is 300 g/mol. The summed E-state index contributed by atoms with van der Waals surface area (Å²) in [5.74, 6) is 0.745. The lowest BCUT2D eigenvalue weighted by atomic mass is 10.2. The number of β-amino-alcohol motifs (C(OH)–C–C–N with tert-alkyl or cyclic N) is 1. The van der Waals surface area contributed by atoms with Crippen LogP contribution in [0.15, 0.2) is 4.79 Å². The molecule has 0 atom stereocenters. The number of piperazine rings is 1. The van der Waals surface area contributed by atoms with Gasteiger partial charge in [0.05, 0.1) is 18.5 Å². The standard InChI is InChI=1S/C15H22N4O2S/c1-10-11(2)22-15-13(10)14(21)16-12(17-15)9-19-5-3-18(4-6-19)7-8-20/h20H,3-9H2,1-2H3,(H,16,17,21). The molecule has 3 heterocycles. The summed E-state index contributed by atoms with van der Waals surface area (Å²) >= 11 is 1.59. The Bertz CT molecular complexity index is 716. The van der Waals surface area contributed by atoms with Gasteiger partial charge in [0, 0.05) is 37.6 Å². The van der Waals surface area contributed by atoms with Crippen molar-refractivity contribution >= 4 is 21.6 Å². The zero-order chi connectivity index (χ0) is 15.7. The summed E-state index contributed by atoms with van der Waals surface area (Å²) in [6, 6.07) is 0. The smallest absolute Gasteiger partial charge is 0.259 e. The second-order valence-electron chi connectivity index (χ2n) is 5.82. The van der Waals surface area contributed by atoms with Gasteiger partial charge in [-0.1, -0.05) is 0 Å². The van der Waals surface area contributed by atoms with Crippen LogP contribution in [0.2, 0.25) is 0 Å². The summed E-state index contributed by atoms with van der Waals surface area (Å²) in [6.07, 6.45) is 0. The molecule has 0 unspecified atom stereocenters. The normalized spacial score (nSPS) is 17.4. The Balaban J connectivity index is 1.74. The second-order valence-corrected chi connectivity index (χ2v) is 7.02. The molecule has 1 aliphatic heterocycles. The van der Waals surface area contributed by atoms with Gasteiger partial charge in [0.15, 0.2) is 0 Å². The molecule has 0 bridgehead atoms. The van der Waals surface area contributed by atoms with Crippen LogP contribution >= 0.6 is 11.3 Å². The van der Waals surface area contributed by atoms with E-state index in [0.717, 1.165) is 59.2 Å². The van der Waals surface area contributed by atoms with Crippen molar-refractivity contribution in [1.29, 1.82) is 0 Å². The van der Waals surface area contributed by atoms with Crippen LogP contribution in [0.3, 0.4) is 0 Å². The minimum atomic E-state index is -0.0271. The van der Waals surface area contributed by atoms with Crippen molar-refractivity contribution < 1.29 is 5.11 Å². The summed E-state index contributed by atoms with van der Waals surface area (Å²) in [7, 11) is 0. The number of fused-ring (bicyclic) bond motifs is 1. The molecule has 0 amide bonds. The van der Waals surface area contributed by atoms with Gasteiger partial charge in [0.1, 0.15) is 10.7 Å². The van der Waals surface area contributed by atoms with Crippen molar-refractivity contribution in [3.63, 3.8) is 0 Å². The summed E-state index contributed by atoms with van der Waals surface area (Å²) < 4.78 is 0. The zero-order valence-electron chi connectivity index (χ0n) is 13.1. The van der Waals surface area contributed by atoms with Crippen molar-refractivity contribution in [2.45, 2.75) is 20.4 Å². The molecule has 0 saturated carbocycles. The van der Waals surface area contributed by atoms with Crippen LogP contribution < -0.4 is 5.56 Å². The van der Waals surface area contributed by atoms with Gasteiger partial charge >= 0.3 is 0 Å². The van der Waals surface area contributed by atoms with Crippen LogP contribution in [0.1, 0.15) is 16.3 Å². The average molecular weight is 322 g/mol. The maximum atomic E-state index is 12.3. The molecule has 0 aromatic carbocycles. The van der Waals surface area contributed by atoms with Gasteiger partial charge in [-0.25, -0.2) is 4.98 Å². The average Bonchev–Trinajstić information content (AvgIpc) is 2.77. The molecule has 2 aromatic heterocycles. The van der Waals surface area contributed by atoms with E-state index >= 15 is 0 Å². The van der Waals surface area contributed by atoms with Gasteiger partial charge in [0.2, 0.25) is 0 Å². The number of H-pyrrole nitrogens is 1. The molecule has 2 N–H and O–H groups in total. The molecule has 0 spiro atoms. The van der Waals surface area contributed by atoms with Crippen LogP contribution in [0.4, 0.5) is 0 Å². The van der Waals surface area contributed by atoms with Crippen LogP contribution in [0.5, 0.6) is 0 Å². The largest absolute Gasteiger partial charge is 0.395 e. The number of hydrogen-bond donors (Lipinski definition) is 2. The number of hydrogen-bond acceptors (Lipinski definition) is 6. The Morgan fingerprint density at radius 1 is 1.23 bits per heavy atom. The maximum Gasteiger partial charge on any atom is 0.259 e. The van der Waals surface area contributed by atoms with Crippen LogP contribution in [-0.2, 0) is 6.54 Å². The van der Waals surface area contributed by atoms with Crippen LogP contribution in [0, 0.1) is 13.8 Å². The number of aliphatic hydroxyl groups excluding tert-OH is 1. The lowest BCUT2D eigenvalue weighted by molar-refractivity contribution is 0.107. The Morgan fingerprint density at radius 2 is 1.91 bits per heavy atom. The predicted molar refractivity (Wildman–Crippen MR) is 88.5 cm³/mol. The van der Waals surface area contributed by atoms with Crippen molar-refractivity contribution in [2.75, 3.05) is 39.3 Å². The summed E-state index contributed by atoms with van der Waals surface area (Å²) in [5, 5.41) is 9.71. The van der Waals surface area contributed by atoms with Gasteiger partial charge in [-0.2, -0.15) is 0 Å². The highest BCUT2D eigenvalue weighted by Gasteiger charge is 2.18. The number of aromatic nitrogens is 2. The molecule has 1 aliphatic rings. The third-order valence-corrected chi connectivity index (χ3v) is 5.44. The first-order valence-corrected chi connectivity index (χ1v) is 8.44. The Labute approximate surface area is 133 Å². The van der Waals surface area contributed by atoms with Crippen molar-refractivity contribution in [3.05, 3.63) is 26.6 Å². The maximum absolute atomic E-state index is 12.3.